The molecule has 0 spiro atoms. The summed E-state index contributed by atoms with van der Waals surface area (Å²) >= 11 is 1.52. The predicted octanol–water partition coefficient (Wildman–Crippen LogP) is 4.79. The van der Waals surface area contributed by atoms with Crippen LogP contribution in [0.3, 0.4) is 0 Å². The number of aryl methyl sites for hydroxylation is 2. The number of thiophene rings is 1. The van der Waals surface area contributed by atoms with E-state index in [9.17, 15) is 9.59 Å². The Morgan fingerprint density at radius 1 is 1.18 bits per heavy atom. The standard InChI is InChI=1S/C26H25N3O3S/c1-16-9-11-29(28-16)12-10-26(31)27-15-20-14-22-21-5-3-19(13-18(21)4-6-23(22)32-20)25-8-7-24(33-25)17(2)30/h3-9,11,13,20H,10,12,14-15H2,1-2H3,(H,27,31). The molecule has 1 unspecified atom stereocenters. The molecule has 4 aromatic rings. The molecule has 0 saturated carbocycles. The van der Waals surface area contributed by atoms with Crippen molar-refractivity contribution >= 4 is 33.8 Å². The van der Waals surface area contributed by atoms with Crippen molar-refractivity contribution < 1.29 is 14.3 Å². The molecule has 0 saturated heterocycles. The topological polar surface area (TPSA) is 73.2 Å². The average Bonchev–Trinajstić information content (AvgIpc) is 3.55. The van der Waals surface area contributed by atoms with Gasteiger partial charge in [-0.3, -0.25) is 14.3 Å². The number of benzene rings is 2. The number of aromatic nitrogens is 2. The van der Waals surface area contributed by atoms with E-state index in [1.807, 2.05) is 37.4 Å². The van der Waals surface area contributed by atoms with Crippen LogP contribution in [0.1, 0.15) is 34.3 Å². The van der Waals surface area contributed by atoms with E-state index >= 15 is 0 Å². The third kappa shape index (κ3) is 4.54. The molecule has 6 nitrogen and oxygen atoms in total. The number of hydrogen-bond donors (Lipinski definition) is 1. The van der Waals surface area contributed by atoms with Crippen LogP contribution in [0.15, 0.2) is 54.7 Å². The molecule has 1 amide bonds. The minimum absolute atomic E-state index is 0.00177. The summed E-state index contributed by atoms with van der Waals surface area (Å²) in [5, 5.41) is 9.62. The van der Waals surface area contributed by atoms with Gasteiger partial charge in [0.05, 0.1) is 17.1 Å². The number of carbonyl (C=O) groups excluding carboxylic acids is 2. The van der Waals surface area contributed by atoms with Crippen molar-refractivity contribution in [3.8, 4) is 16.2 Å². The molecule has 1 N–H and O–H groups in total. The van der Waals surface area contributed by atoms with Gasteiger partial charge in [0.25, 0.3) is 0 Å². The summed E-state index contributed by atoms with van der Waals surface area (Å²) in [5.74, 6) is 0.978. The second-order valence-electron chi connectivity index (χ2n) is 8.42. The highest BCUT2D eigenvalue weighted by atomic mass is 32.1. The first-order valence-electron chi connectivity index (χ1n) is 11.1. The molecule has 0 radical (unpaired) electrons. The highest BCUT2D eigenvalue weighted by molar-refractivity contribution is 7.17. The number of fused-ring (bicyclic) bond motifs is 3. The average molecular weight is 460 g/mol. The lowest BCUT2D eigenvalue weighted by Crippen LogP contribution is -2.34. The number of rotatable bonds is 7. The van der Waals surface area contributed by atoms with Crippen LogP contribution < -0.4 is 10.1 Å². The highest BCUT2D eigenvalue weighted by Gasteiger charge is 2.25. The van der Waals surface area contributed by atoms with Gasteiger partial charge in [0.15, 0.2) is 5.78 Å². The lowest BCUT2D eigenvalue weighted by Gasteiger charge is -2.12. The SMILES string of the molecule is CC(=O)c1ccc(-c2ccc3c4c(ccc3c2)OC(CNC(=O)CCn2ccc(C)n2)C4)s1. The molecule has 2 aromatic heterocycles. The van der Waals surface area contributed by atoms with E-state index in [0.29, 0.717) is 19.5 Å². The molecular formula is C26H25N3O3S. The van der Waals surface area contributed by atoms with Crippen LogP contribution in [0.5, 0.6) is 5.75 Å². The Bertz CT molecular complexity index is 1350. The minimum Gasteiger partial charge on any atom is -0.488 e. The first kappa shape index (κ1) is 21.4. The highest BCUT2D eigenvalue weighted by Crippen LogP contribution is 2.37. The molecule has 168 valence electrons. The van der Waals surface area contributed by atoms with E-state index in [4.69, 9.17) is 4.74 Å². The van der Waals surface area contributed by atoms with Crippen LogP contribution >= 0.6 is 11.3 Å². The van der Waals surface area contributed by atoms with Crippen molar-refractivity contribution in [3.05, 3.63) is 70.9 Å². The van der Waals surface area contributed by atoms with Gasteiger partial charge in [0, 0.05) is 36.0 Å². The summed E-state index contributed by atoms with van der Waals surface area (Å²) in [7, 11) is 0. The second-order valence-corrected chi connectivity index (χ2v) is 9.50. The Hall–Kier alpha value is -3.45. The van der Waals surface area contributed by atoms with Crippen molar-refractivity contribution in [3.63, 3.8) is 0 Å². The van der Waals surface area contributed by atoms with Gasteiger partial charge < -0.3 is 10.1 Å². The zero-order chi connectivity index (χ0) is 22.9. The molecule has 33 heavy (non-hydrogen) atoms. The first-order valence-corrected chi connectivity index (χ1v) is 11.9. The van der Waals surface area contributed by atoms with Gasteiger partial charge in [-0.1, -0.05) is 18.2 Å². The zero-order valence-electron chi connectivity index (χ0n) is 18.6. The Kier molecular flexibility index (Phi) is 5.72. The Labute approximate surface area is 196 Å². The first-order chi connectivity index (χ1) is 16.0. The molecule has 0 fully saturated rings. The van der Waals surface area contributed by atoms with Crippen molar-refractivity contribution in [2.24, 2.45) is 0 Å². The van der Waals surface area contributed by atoms with Crippen LogP contribution in [0, 0.1) is 6.92 Å². The Morgan fingerprint density at radius 2 is 2.06 bits per heavy atom. The van der Waals surface area contributed by atoms with Crippen LogP contribution in [0.25, 0.3) is 21.2 Å². The number of ether oxygens (including phenoxy) is 1. The normalized spacial score (nSPS) is 14.8. The monoisotopic (exact) mass is 459 g/mol. The molecule has 5 rings (SSSR count). The molecule has 0 aliphatic carbocycles. The van der Waals surface area contributed by atoms with Crippen molar-refractivity contribution in [1.29, 1.82) is 0 Å². The lowest BCUT2D eigenvalue weighted by molar-refractivity contribution is -0.121. The molecule has 2 aromatic carbocycles. The van der Waals surface area contributed by atoms with Crippen molar-refractivity contribution in [1.82, 2.24) is 15.1 Å². The van der Waals surface area contributed by atoms with Gasteiger partial charge in [-0.05, 0) is 60.5 Å². The number of hydrogen-bond acceptors (Lipinski definition) is 5. The van der Waals surface area contributed by atoms with Crippen LogP contribution in [0.4, 0.5) is 0 Å². The van der Waals surface area contributed by atoms with Gasteiger partial charge in [-0.2, -0.15) is 5.10 Å². The van der Waals surface area contributed by atoms with E-state index in [1.54, 1.807) is 11.6 Å². The van der Waals surface area contributed by atoms with Gasteiger partial charge in [-0.15, -0.1) is 11.3 Å². The molecule has 0 bridgehead atoms. The number of amides is 1. The molecular weight excluding hydrogens is 434 g/mol. The number of carbonyl (C=O) groups is 2. The van der Waals surface area contributed by atoms with Gasteiger partial charge >= 0.3 is 0 Å². The lowest BCUT2D eigenvalue weighted by atomic mass is 9.98. The van der Waals surface area contributed by atoms with Crippen LogP contribution in [0.2, 0.25) is 0 Å². The summed E-state index contributed by atoms with van der Waals surface area (Å²) in [6.45, 7) is 4.58. The summed E-state index contributed by atoms with van der Waals surface area (Å²) in [6.07, 6.45) is 2.96. The largest absolute Gasteiger partial charge is 0.488 e. The molecule has 1 aliphatic heterocycles. The fourth-order valence-electron chi connectivity index (χ4n) is 4.21. The fraction of sp³-hybridized carbons (Fsp3) is 0.269. The number of ketones is 1. The van der Waals surface area contributed by atoms with Crippen LogP contribution in [-0.4, -0.2) is 34.1 Å². The van der Waals surface area contributed by atoms with E-state index < -0.39 is 0 Å². The Balaban J connectivity index is 1.23. The number of nitrogens with zero attached hydrogens (tertiary/aromatic N) is 2. The molecule has 1 atom stereocenters. The number of Topliss-reactive ketones (excluding diaryl/α,β-unsaturated/α-hetero) is 1. The quantitative estimate of drug-likeness (QED) is 0.404. The fourth-order valence-corrected chi connectivity index (χ4v) is 5.11. The van der Waals surface area contributed by atoms with Crippen molar-refractivity contribution in [2.45, 2.75) is 39.3 Å². The summed E-state index contributed by atoms with van der Waals surface area (Å²) < 4.78 is 7.89. The maximum Gasteiger partial charge on any atom is 0.221 e. The molecule has 3 heterocycles. The van der Waals surface area contributed by atoms with Gasteiger partial charge in [-0.25, -0.2) is 0 Å². The zero-order valence-corrected chi connectivity index (χ0v) is 19.4. The van der Waals surface area contributed by atoms with Crippen molar-refractivity contribution in [2.75, 3.05) is 6.54 Å². The minimum atomic E-state index is -0.0726. The van der Waals surface area contributed by atoms with Gasteiger partial charge in [0.2, 0.25) is 5.91 Å². The molecule has 1 aliphatic rings. The smallest absolute Gasteiger partial charge is 0.221 e. The third-order valence-corrected chi connectivity index (χ3v) is 7.16. The van der Waals surface area contributed by atoms with Gasteiger partial charge in [0.1, 0.15) is 11.9 Å². The van der Waals surface area contributed by atoms with Crippen LogP contribution in [-0.2, 0) is 17.8 Å². The predicted molar refractivity (Wildman–Crippen MR) is 130 cm³/mol. The second kappa shape index (κ2) is 8.83. The summed E-state index contributed by atoms with van der Waals surface area (Å²) in [5.41, 5.74) is 3.24. The van der Waals surface area contributed by atoms with E-state index in [2.05, 4.69) is 34.7 Å². The van der Waals surface area contributed by atoms with E-state index in [0.717, 1.165) is 38.6 Å². The molecule has 7 heteroatoms. The maximum absolute atomic E-state index is 12.3. The summed E-state index contributed by atoms with van der Waals surface area (Å²) in [6, 6.07) is 16.3. The van der Waals surface area contributed by atoms with E-state index in [1.165, 1.54) is 22.3 Å². The Morgan fingerprint density at radius 3 is 2.82 bits per heavy atom. The number of nitrogens with one attached hydrogen (secondary N) is 1. The third-order valence-electron chi connectivity index (χ3n) is 5.92. The maximum atomic E-state index is 12.3. The summed E-state index contributed by atoms with van der Waals surface area (Å²) in [4.78, 5) is 25.7. The van der Waals surface area contributed by atoms with E-state index in [-0.39, 0.29) is 17.8 Å².